The van der Waals surface area contributed by atoms with Crippen molar-refractivity contribution in [2.45, 2.75) is 25.4 Å². The van der Waals surface area contributed by atoms with E-state index >= 15 is 0 Å². The van der Waals surface area contributed by atoms with Gasteiger partial charge in [0.2, 0.25) is 0 Å². The highest BCUT2D eigenvalue weighted by Gasteiger charge is 2.21. The third-order valence-electron chi connectivity index (χ3n) is 2.70. The van der Waals surface area contributed by atoms with E-state index in [-0.39, 0.29) is 6.61 Å². The zero-order valence-electron chi connectivity index (χ0n) is 9.76. The molecule has 0 unspecified atom stereocenters. The molecule has 0 spiro atoms. The quantitative estimate of drug-likeness (QED) is 0.846. The maximum absolute atomic E-state index is 6.19. The van der Waals surface area contributed by atoms with Gasteiger partial charge in [-0.2, -0.15) is 0 Å². The normalized spacial score (nSPS) is 15.8. The Labute approximate surface area is 122 Å². The molecule has 98 valence electrons. The molecule has 1 fully saturated rings. The van der Waals surface area contributed by atoms with E-state index in [2.05, 4.69) is 5.32 Å². The number of halogens is 3. The fraction of sp³-hybridized carbons (Fsp3) is 0.385. The van der Waals surface area contributed by atoms with Gasteiger partial charge < -0.3 is 10.1 Å². The Morgan fingerprint density at radius 2 is 2.22 bits per heavy atom. The van der Waals surface area contributed by atoms with Gasteiger partial charge in [-0.15, -0.1) is 0 Å². The summed E-state index contributed by atoms with van der Waals surface area (Å²) >= 11 is 17.5. The third-order valence-corrected chi connectivity index (χ3v) is 3.65. The largest absolute Gasteiger partial charge is 0.488 e. The van der Waals surface area contributed by atoms with Crippen molar-refractivity contribution in [2.75, 3.05) is 6.61 Å². The van der Waals surface area contributed by atoms with Crippen molar-refractivity contribution >= 4 is 34.8 Å². The Morgan fingerprint density at radius 3 is 2.89 bits per heavy atom. The monoisotopic (exact) mass is 305 g/mol. The lowest BCUT2D eigenvalue weighted by atomic mass is 10.2. The van der Waals surface area contributed by atoms with E-state index < -0.39 is 0 Å². The van der Waals surface area contributed by atoms with Crippen LogP contribution in [0.2, 0.25) is 5.02 Å². The van der Waals surface area contributed by atoms with Crippen LogP contribution in [0.25, 0.3) is 0 Å². The van der Waals surface area contributed by atoms with Crippen molar-refractivity contribution in [1.82, 2.24) is 5.32 Å². The summed E-state index contributed by atoms with van der Waals surface area (Å²) in [7, 11) is 0. The molecule has 1 aliphatic carbocycles. The molecule has 0 aliphatic heterocycles. The lowest BCUT2D eigenvalue weighted by Gasteiger charge is -2.13. The molecule has 0 heterocycles. The first-order valence-corrected chi connectivity index (χ1v) is 6.98. The highest BCUT2D eigenvalue weighted by atomic mass is 35.5. The second kappa shape index (κ2) is 6.67. The molecule has 1 aromatic carbocycles. The van der Waals surface area contributed by atoms with Gasteiger partial charge in [-0.25, -0.2) is 0 Å². The summed E-state index contributed by atoms with van der Waals surface area (Å²) in [5.41, 5.74) is 2.26. The zero-order valence-corrected chi connectivity index (χ0v) is 12.0. The van der Waals surface area contributed by atoms with Gasteiger partial charge in [-0.05, 0) is 25.0 Å². The molecule has 1 aromatic rings. The van der Waals surface area contributed by atoms with Crippen molar-refractivity contribution in [1.29, 1.82) is 0 Å². The maximum atomic E-state index is 6.19. The highest BCUT2D eigenvalue weighted by Crippen LogP contribution is 2.28. The summed E-state index contributed by atoms with van der Waals surface area (Å²) in [5.74, 6) is 0.743. The van der Waals surface area contributed by atoms with Crippen molar-refractivity contribution < 1.29 is 4.74 Å². The minimum Gasteiger partial charge on any atom is -0.488 e. The Kier molecular flexibility index (Phi) is 5.19. The standard InChI is InChI=1S/C13H14Cl3NO/c14-6-9(15)8-18-13-3-1-2-12(16)11(13)7-17-10-4-5-10/h1-3,6,10,17H,4-5,7-8H2/b9-6+. The van der Waals surface area contributed by atoms with Crippen LogP contribution in [0.5, 0.6) is 5.75 Å². The topological polar surface area (TPSA) is 21.3 Å². The molecule has 2 rings (SSSR count). The molecule has 0 saturated heterocycles. The number of hydrogen-bond acceptors (Lipinski definition) is 2. The van der Waals surface area contributed by atoms with Gasteiger partial charge in [0.25, 0.3) is 0 Å². The van der Waals surface area contributed by atoms with Crippen LogP contribution in [0.3, 0.4) is 0 Å². The summed E-state index contributed by atoms with van der Waals surface area (Å²) in [6.45, 7) is 0.962. The van der Waals surface area contributed by atoms with E-state index in [0.29, 0.717) is 22.6 Å². The van der Waals surface area contributed by atoms with Crippen LogP contribution in [0, 0.1) is 0 Å². The second-order valence-corrected chi connectivity index (χ2v) is 5.33. The summed E-state index contributed by atoms with van der Waals surface area (Å²) in [6.07, 6.45) is 2.48. The van der Waals surface area contributed by atoms with Gasteiger partial charge >= 0.3 is 0 Å². The minimum absolute atomic E-state index is 0.252. The molecule has 0 atom stereocenters. The molecule has 1 aliphatic rings. The summed E-state index contributed by atoms with van der Waals surface area (Å²) in [6, 6.07) is 6.22. The Balaban J connectivity index is 2.04. The molecule has 0 radical (unpaired) electrons. The van der Waals surface area contributed by atoms with E-state index in [1.54, 1.807) is 0 Å². The van der Waals surface area contributed by atoms with Crippen LogP contribution in [-0.2, 0) is 6.54 Å². The van der Waals surface area contributed by atoms with Crippen molar-refractivity contribution in [3.05, 3.63) is 39.4 Å². The predicted octanol–water partition coefficient (Wildman–Crippen LogP) is 4.29. The van der Waals surface area contributed by atoms with Crippen molar-refractivity contribution in [3.8, 4) is 5.75 Å². The Morgan fingerprint density at radius 1 is 1.44 bits per heavy atom. The average Bonchev–Trinajstić information content (AvgIpc) is 3.18. The molecule has 18 heavy (non-hydrogen) atoms. The number of hydrogen-bond donors (Lipinski definition) is 1. The van der Waals surface area contributed by atoms with Crippen LogP contribution >= 0.6 is 34.8 Å². The molecule has 2 nitrogen and oxygen atoms in total. The van der Waals surface area contributed by atoms with Gasteiger partial charge in [-0.1, -0.05) is 40.9 Å². The molecule has 1 saturated carbocycles. The summed E-state index contributed by atoms with van der Waals surface area (Å²) in [4.78, 5) is 0. The van der Waals surface area contributed by atoms with E-state index in [9.17, 15) is 0 Å². The summed E-state index contributed by atoms with van der Waals surface area (Å²) < 4.78 is 5.61. The SMILES string of the molecule is Cl/C=C(/Cl)COc1cccc(Cl)c1CNC1CC1. The van der Waals surface area contributed by atoms with Gasteiger partial charge in [0.05, 0.1) is 5.03 Å². The van der Waals surface area contributed by atoms with Gasteiger partial charge in [0.15, 0.2) is 0 Å². The van der Waals surface area contributed by atoms with E-state index in [1.165, 1.54) is 18.4 Å². The fourth-order valence-corrected chi connectivity index (χ4v) is 1.91. The van der Waals surface area contributed by atoms with Crippen LogP contribution in [0.4, 0.5) is 0 Å². The Hall–Kier alpha value is -0.410. The smallest absolute Gasteiger partial charge is 0.125 e. The van der Waals surface area contributed by atoms with Gasteiger partial charge in [0.1, 0.15) is 12.4 Å². The van der Waals surface area contributed by atoms with E-state index in [4.69, 9.17) is 39.5 Å². The zero-order chi connectivity index (χ0) is 13.0. The number of ether oxygens (including phenoxy) is 1. The van der Waals surface area contributed by atoms with Crippen LogP contribution in [0.1, 0.15) is 18.4 Å². The first-order valence-electron chi connectivity index (χ1n) is 5.79. The molecular formula is C13H14Cl3NO. The van der Waals surface area contributed by atoms with E-state index in [0.717, 1.165) is 11.3 Å². The van der Waals surface area contributed by atoms with Gasteiger partial charge in [-0.3, -0.25) is 0 Å². The van der Waals surface area contributed by atoms with Gasteiger partial charge in [0, 0.05) is 28.7 Å². The number of rotatable bonds is 6. The molecule has 0 aromatic heterocycles. The highest BCUT2D eigenvalue weighted by molar-refractivity contribution is 6.36. The van der Waals surface area contributed by atoms with Crippen molar-refractivity contribution in [2.24, 2.45) is 0 Å². The van der Waals surface area contributed by atoms with Crippen molar-refractivity contribution in [3.63, 3.8) is 0 Å². The van der Waals surface area contributed by atoms with Crippen LogP contribution in [-0.4, -0.2) is 12.6 Å². The second-order valence-electron chi connectivity index (χ2n) is 4.22. The first-order chi connectivity index (χ1) is 8.70. The summed E-state index contributed by atoms with van der Waals surface area (Å²) in [5, 5.41) is 4.57. The predicted molar refractivity (Wildman–Crippen MR) is 76.6 cm³/mol. The third kappa shape index (κ3) is 4.06. The lowest BCUT2D eigenvalue weighted by molar-refractivity contribution is 0.354. The average molecular weight is 307 g/mol. The van der Waals surface area contributed by atoms with Crippen LogP contribution in [0.15, 0.2) is 28.8 Å². The fourth-order valence-electron chi connectivity index (χ4n) is 1.56. The van der Waals surface area contributed by atoms with E-state index in [1.807, 2.05) is 18.2 Å². The first kappa shape index (κ1) is 14.0. The Bertz CT molecular complexity index is 444. The number of nitrogens with one attached hydrogen (secondary N) is 1. The number of benzene rings is 1. The lowest BCUT2D eigenvalue weighted by Crippen LogP contribution is -2.16. The molecule has 0 amide bonds. The maximum Gasteiger partial charge on any atom is 0.125 e. The van der Waals surface area contributed by atoms with Crippen LogP contribution < -0.4 is 10.1 Å². The minimum atomic E-state index is 0.252. The molecular weight excluding hydrogens is 293 g/mol. The molecule has 0 bridgehead atoms. The molecule has 5 heteroatoms. The molecule has 1 N–H and O–H groups in total.